The Labute approximate surface area is 120 Å². The fourth-order valence-electron chi connectivity index (χ4n) is 1.18. The van der Waals surface area contributed by atoms with E-state index >= 15 is 0 Å². The quantitative estimate of drug-likeness (QED) is 0.425. The molecule has 0 radical (unpaired) electrons. The molecule has 0 atom stereocenters. The molecule has 0 aromatic carbocycles. The largest absolute Gasteiger partial charge is 0.464 e. The summed E-state index contributed by atoms with van der Waals surface area (Å²) in [4.78, 5) is 10.3. The molecule has 0 aromatic heterocycles. The minimum atomic E-state index is -6.31. The molecule has 0 fully saturated rings. The summed E-state index contributed by atoms with van der Waals surface area (Å²) in [5.41, 5.74) is -5.63. The van der Waals surface area contributed by atoms with Crippen LogP contribution in [-0.2, 0) is 19.6 Å². The van der Waals surface area contributed by atoms with Gasteiger partial charge in [-0.2, -0.15) is 26.3 Å². The Balaban J connectivity index is 4.76. The maximum Gasteiger partial charge on any atom is 0.431 e. The number of sulfonamides is 1. The zero-order valence-electron chi connectivity index (χ0n) is 11.0. The lowest BCUT2D eigenvalue weighted by Gasteiger charge is -2.29. The van der Waals surface area contributed by atoms with E-state index in [9.17, 15) is 43.9 Å². The van der Waals surface area contributed by atoms with Crippen LogP contribution in [0.1, 0.15) is 13.3 Å². The first-order valence-corrected chi connectivity index (χ1v) is 7.21. The average Bonchev–Trinajstić information content (AvgIpc) is 2.28. The number of ether oxygens (including phenoxy) is 1. The van der Waals surface area contributed by atoms with Crippen molar-refractivity contribution in [1.82, 2.24) is 4.72 Å². The van der Waals surface area contributed by atoms with Crippen molar-refractivity contribution < 1.29 is 48.7 Å². The summed E-state index contributed by atoms with van der Waals surface area (Å²) < 4.78 is 115. The second kappa shape index (κ2) is 6.98. The van der Waals surface area contributed by atoms with Gasteiger partial charge < -0.3 is 4.74 Å². The monoisotopic (exact) mass is 363 g/mol. The van der Waals surface area contributed by atoms with Gasteiger partial charge in [0.25, 0.3) is 5.67 Å². The molecule has 0 aliphatic carbocycles. The zero-order valence-corrected chi connectivity index (χ0v) is 11.8. The van der Waals surface area contributed by atoms with Crippen molar-refractivity contribution in [3.05, 3.63) is 0 Å². The lowest BCUT2D eigenvalue weighted by molar-refractivity contribution is -0.341. The molecule has 0 saturated carbocycles. The van der Waals surface area contributed by atoms with Gasteiger partial charge in [-0.05, 0) is 0 Å². The molecule has 0 heterocycles. The molecular weight excluding hydrogens is 351 g/mol. The van der Waals surface area contributed by atoms with Crippen LogP contribution in [0.25, 0.3) is 0 Å². The zero-order chi connectivity index (χ0) is 17.8. The van der Waals surface area contributed by atoms with Crippen LogP contribution < -0.4 is 4.72 Å². The normalized spacial score (nSPS) is 14.0. The maximum absolute atomic E-state index is 13.2. The standard InChI is InChI=1S/C9H12F7NO4S/c1-6(18)21-4-3-17-22(19,20)5-2-7(10,8(11,12)13)9(14,15)16/h17H,2-5H2,1H3. The van der Waals surface area contributed by atoms with E-state index in [1.54, 1.807) is 4.72 Å². The molecule has 0 unspecified atom stereocenters. The van der Waals surface area contributed by atoms with Crippen molar-refractivity contribution in [3.63, 3.8) is 0 Å². The summed E-state index contributed by atoms with van der Waals surface area (Å²) in [6.45, 7) is -0.0499. The molecule has 22 heavy (non-hydrogen) atoms. The van der Waals surface area contributed by atoms with Crippen LogP contribution in [0.3, 0.4) is 0 Å². The van der Waals surface area contributed by atoms with Crippen LogP contribution in [0.4, 0.5) is 30.7 Å². The minimum absolute atomic E-state index is 0.478. The van der Waals surface area contributed by atoms with Gasteiger partial charge in [-0.3, -0.25) is 4.79 Å². The Morgan fingerprint density at radius 3 is 1.86 bits per heavy atom. The Morgan fingerprint density at radius 1 is 1.05 bits per heavy atom. The summed E-state index contributed by atoms with van der Waals surface area (Å²) in [5.74, 6) is -2.51. The predicted octanol–water partition coefficient (Wildman–Crippen LogP) is 1.69. The summed E-state index contributed by atoms with van der Waals surface area (Å²) >= 11 is 0. The van der Waals surface area contributed by atoms with E-state index in [1.165, 1.54) is 0 Å². The second-order valence-electron chi connectivity index (χ2n) is 4.10. The van der Waals surface area contributed by atoms with Crippen molar-refractivity contribution in [1.29, 1.82) is 0 Å². The Kier molecular flexibility index (Phi) is 6.63. The van der Waals surface area contributed by atoms with E-state index in [0.717, 1.165) is 6.92 Å². The van der Waals surface area contributed by atoms with Crippen LogP contribution >= 0.6 is 0 Å². The number of carbonyl (C=O) groups excluding carboxylic acids is 1. The molecule has 0 aliphatic heterocycles. The van der Waals surface area contributed by atoms with Gasteiger partial charge in [0.1, 0.15) is 6.61 Å². The third kappa shape index (κ3) is 5.94. The van der Waals surface area contributed by atoms with E-state index in [4.69, 9.17) is 0 Å². The first kappa shape index (κ1) is 20.9. The maximum atomic E-state index is 13.2. The van der Waals surface area contributed by atoms with E-state index in [0.29, 0.717) is 0 Å². The molecule has 132 valence electrons. The summed E-state index contributed by atoms with van der Waals surface area (Å²) in [7, 11) is -4.61. The average molecular weight is 363 g/mol. The second-order valence-corrected chi connectivity index (χ2v) is 6.03. The molecule has 0 spiro atoms. The summed E-state index contributed by atoms with van der Waals surface area (Å²) in [5, 5.41) is 0. The first-order chi connectivity index (χ1) is 9.62. The number of halogens is 7. The molecule has 5 nitrogen and oxygen atoms in total. The van der Waals surface area contributed by atoms with Crippen LogP contribution in [0.2, 0.25) is 0 Å². The third-order valence-electron chi connectivity index (χ3n) is 2.34. The molecular formula is C9H12F7NO4S. The number of rotatable bonds is 7. The van der Waals surface area contributed by atoms with Crippen molar-refractivity contribution in [2.75, 3.05) is 18.9 Å². The Morgan fingerprint density at radius 2 is 1.50 bits per heavy atom. The first-order valence-electron chi connectivity index (χ1n) is 5.55. The van der Waals surface area contributed by atoms with Crippen molar-refractivity contribution in [2.45, 2.75) is 31.4 Å². The number of esters is 1. The van der Waals surface area contributed by atoms with E-state index < -0.39 is 59.3 Å². The van der Waals surface area contributed by atoms with Gasteiger partial charge in [-0.25, -0.2) is 17.5 Å². The molecule has 0 aliphatic rings. The molecule has 0 rings (SSSR count). The highest BCUT2D eigenvalue weighted by Gasteiger charge is 2.72. The molecule has 1 N–H and O–H groups in total. The van der Waals surface area contributed by atoms with Gasteiger partial charge in [0.15, 0.2) is 0 Å². The predicted molar refractivity (Wildman–Crippen MR) is 59.0 cm³/mol. The molecule has 0 aromatic rings. The SMILES string of the molecule is CC(=O)OCCNS(=O)(=O)CCC(F)(C(F)(F)F)C(F)(F)F. The highest BCUT2D eigenvalue weighted by molar-refractivity contribution is 7.89. The van der Waals surface area contributed by atoms with Crippen molar-refractivity contribution >= 4 is 16.0 Å². The Bertz CT molecular complexity index is 471. The molecule has 0 saturated heterocycles. The van der Waals surface area contributed by atoms with Crippen LogP contribution in [0.5, 0.6) is 0 Å². The van der Waals surface area contributed by atoms with Crippen LogP contribution in [0.15, 0.2) is 0 Å². The van der Waals surface area contributed by atoms with E-state index in [1.807, 2.05) is 0 Å². The van der Waals surface area contributed by atoms with Crippen molar-refractivity contribution in [3.8, 4) is 0 Å². The van der Waals surface area contributed by atoms with Gasteiger partial charge in [-0.15, -0.1) is 0 Å². The van der Waals surface area contributed by atoms with Crippen molar-refractivity contribution in [2.24, 2.45) is 0 Å². The van der Waals surface area contributed by atoms with E-state index in [2.05, 4.69) is 4.74 Å². The summed E-state index contributed by atoms with van der Waals surface area (Å²) in [6, 6.07) is 0. The number of alkyl halides is 7. The number of hydrogen-bond donors (Lipinski definition) is 1. The minimum Gasteiger partial charge on any atom is -0.464 e. The van der Waals surface area contributed by atoms with Crippen LogP contribution in [0, 0.1) is 0 Å². The Hall–Kier alpha value is -1.11. The van der Waals surface area contributed by atoms with Gasteiger partial charge in [0.2, 0.25) is 10.0 Å². The smallest absolute Gasteiger partial charge is 0.431 e. The van der Waals surface area contributed by atoms with Gasteiger partial charge in [-0.1, -0.05) is 0 Å². The van der Waals surface area contributed by atoms with Gasteiger partial charge >= 0.3 is 18.3 Å². The van der Waals surface area contributed by atoms with E-state index in [-0.39, 0.29) is 0 Å². The van der Waals surface area contributed by atoms with Gasteiger partial charge in [0.05, 0.1) is 5.75 Å². The molecule has 0 bridgehead atoms. The fraction of sp³-hybridized carbons (Fsp3) is 0.889. The third-order valence-corrected chi connectivity index (χ3v) is 3.73. The highest BCUT2D eigenvalue weighted by atomic mass is 32.2. The number of nitrogens with one attached hydrogen (secondary N) is 1. The van der Waals surface area contributed by atoms with Crippen LogP contribution in [-0.4, -0.2) is 51.3 Å². The summed E-state index contributed by atoms with van der Waals surface area (Å²) in [6.07, 6.45) is -15.0. The number of hydrogen-bond acceptors (Lipinski definition) is 4. The highest BCUT2D eigenvalue weighted by Crippen LogP contribution is 2.48. The number of carbonyl (C=O) groups is 1. The lowest BCUT2D eigenvalue weighted by Crippen LogP contribution is -2.54. The molecule has 0 amide bonds. The van der Waals surface area contributed by atoms with Gasteiger partial charge in [0, 0.05) is 19.9 Å². The topological polar surface area (TPSA) is 72.5 Å². The molecule has 13 heteroatoms. The lowest BCUT2D eigenvalue weighted by atomic mass is 10.0. The fourth-order valence-corrected chi connectivity index (χ4v) is 2.27.